The molecule has 0 aliphatic heterocycles. The van der Waals surface area contributed by atoms with Gasteiger partial charge in [-0.1, -0.05) is 0 Å². The molecule has 1 radical (unpaired) electrons. The quantitative estimate of drug-likeness (QED) is 0.604. The van der Waals surface area contributed by atoms with E-state index in [1.807, 2.05) is 19.1 Å². The molecule has 87 valence electrons. The molecule has 1 aromatic rings. The first-order valence-electron chi connectivity index (χ1n) is 5.16. The summed E-state index contributed by atoms with van der Waals surface area (Å²) in [7, 11) is 0. The van der Waals surface area contributed by atoms with Crippen LogP contribution >= 0.6 is 0 Å². The topological polar surface area (TPSA) is 35.5 Å². The molecule has 0 saturated carbocycles. The van der Waals surface area contributed by atoms with Crippen molar-refractivity contribution in [1.29, 1.82) is 0 Å². The molecule has 0 heterocycles. The predicted molar refractivity (Wildman–Crippen MR) is 64.6 cm³/mol. The van der Waals surface area contributed by atoms with Crippen molar-refractivity contribution >= 4 is 26.1 Å². The molecule has 0 aromatic heterocycles. The third-order valence-corrected chi connectivity index (χ3v) is 3.73. The van der Waals surface area contributed by atoms with Gasteiger partial charge in [-0.25, -0.2) is 0 Å². The van der Waals surface area contributed by atoms with Gasteiger partial charge in [0.15, 0.2) is 0 Å². The van der Waals surface area contributed by atoms with Crippen LogP contribution in [0.15, 0.2) is 18.2 Å². The van der Waals surface area contributed by atoms with Gasteiger partial charge >= 0.3 is 103 Å². The molecular weight excluding hydrogens is 267 g/mol. The molecule has 3 nitrogen and oxygen atoms in total. The van der Waals surface area contributed by atoms with E-state index in [1.165, 1.54) is 4.35 Å². The van der Waals surface area contributed by atoms with Gasteiger partial charge in [-0.2, -0.15) is 0 Å². The van der Waals surface area contributed by atoms with Crippen LogP contribution in [0.2, 0.25) is 5.71 Å². The molecular formula is C12H16AsO3. The zero-order valence-corrected chi connectivity index (χ0v) is 11.7. The molecule has 0 aliphatic rings. The molecule has 0 bridgehead atoms. The van der Waals surface area contributed by atoms with Gasteiger partial charge in [-0.15, -0.1) is 0 Å². The van der Waals surface area contributed by atoms with E-state index in [0.29, 0.717) is 6.61 Å². The van der Waals surface area contributed by atoms with Crippen molar-refractivity contribution in [3.05, 3.63) is 23.8 Å². The predicted octanol–water partition coefficient (Wildman–Crippen LogP) is 1.31. The van der Waals surface area contributed by atoms with Crippen LogP contribution in [-0.4, -0.2) is 34.9 Å². The Morgan fingerprint density at radius 2 is 2.19 bits per heavy atom. The van der Waals surface area contributed by atoms with Crippen LogP contribution in [0, 0.1) is 6.92 Å². The Morgan fingerprint density at radius 1 is 1.44 bits per heavy atom. The molecule has 0 amide bonds. The van der Waals surface area contributed by atoms with E-state index in [9.17, 15) is 4.79 Å². The maximum atomic E-state index is 11.1. The summed E-state index contributed by atoms with van der Waals surface area (Å²) in [5, 5.41) is 0. The number of esters is 1. The number of carbonyl (C=O) groups excluding carboxylic acids is 1. The van der Waals surface area contributed by atoms with Crippen LogP contribution in [0.3, 0.4) is 0 Å². The number of carbonyl (C=O) groups is 1. The Hall–Kier alpha value is -0.952. The van der Waals surface area contributed by atoms with E-state index in [-0.39, 0.29) is 28.3 Å². The molecule has 16 heavy (non-hydrogen) atoms. The van der Waals surface area contributed by atoms with Crippen molar-refractivity contribution in [1.82, 2.24) is 0 Å². The summed E-state index contributed by atoms with van der Waals surface area (Å²) in [5.41, 5.74) is 3.27. The van der Waals surface area contributed by atoms with Crippen molar-refractivity contribution in [2.45, 2.75) is 19.6 Å². The average molecular weight is 283 g/mol. The second-order valence-electron chi connectivity index (χ2n) is 3.27. The molecule has 0 atom stereocenters. The Labute approximate surface area is 103 Å². The number of ether oxygens (including phenoxy) is 2. The molecule has 1 aromatic carbocycles. The van der Waals surface area contributed by atoms with Crippen molar-refractivity contribution in [2.24, 2.45) is 0 Å². The molecule has 0 spiro atoms. The second kappa shape index (κ2) is 6.59. The summed E-state index contributed by atoms with van der Waals surface area (Å²) in [4.78, 5) is 11.1. The second-order valence-corrected chi connectivity index (χ2v) is 5.29. The monoisotopic (exact) mass is 283 g/mol. The minimum absolute atomic E-state index is 0.0200. The van der Waals surface area contributed by atoms with Crippen molar-refractivity contribution < 1.29 is 14.3 Å². The van der Waals surface area contributed by atoms with Crippen LogP contribution in [0.5, 0.6) is 5.75 Å². The van der Waals surface area contributed by atoms with Gasteiger partial charge in [-0.05, 0) is 0 Å². The first-order valence-corrected chi connectivity index (χ1v) is 7.97. The van der Waals surface area contributed by atoms with E-state index in [1.54, 1.807) is 6.92 Å². The van der Waals surface area contributed by atoms with Gasteiger partial charge < -0.3 is 0 Å². The van der Waals surface area contributed by atoms with E-state index in [2.05, 4.69) is 11.8 Å². The fourth-order valence-corrected chi connectivity index (χ4v) is 2.42. The third-order valence-electron chi connectivity index (χ3n) is 2.07. The van der Waals surface area contributed by atoms with Crippen LogP contribution < -0.4 is 9.09 Å². The van der Waals surface area contributed by atoms with Crippen LogP contribution in [0.1, 0.15) is 12.5 Å². The third kappa shape index (κ3) is 3.90. The maximum absolute atomic E-state index is 11.1. The molecule has 0 N–H and O–H groups in total. The molecule has 0 unspecified atom stereocenters. The Morgan fingerprint density at radius 3 is 2.75 bits per heavy atom. The zero-order chi connectivity index (χ0) is 12.0. The van der Waals surface area contributed by atoms with Gasteiger partial charge in [0.05, 0.1) is 0 Å². The van der Waals surface area contributed by atoms with Crippen LogP contribution in [-0.2, 0) is 9.53 Å². The standard InChI is InChI=1S/C12H16AsO3/c1-4-15-12(14)8-16-11-6-5-10(13-3)7-9(11)2/h5-7H,4,8H2,1-3H3. The van der Waals surface area contributed by atoms with Gasteiger partial charge in [0.1, 0.15) is 0 Å². The summed E-state index contributed by atoms with van der Waals surface area (Å²) in [6, 6.07) is 6.08. The number of benzene rings is 1. The van der Waals surface area contributed by atoms with Gasteiger partial charge in [0, 0.05) is 0 Å². The van der Waals surface area contributed by atoms with Crippen LogP contribution in [0.25, 0.3) is 0 Å². The normalized spacial score (nSPS) is 10.7. The van der Waals surface area contributed by atoms with E-state index >= 15 is 0 Å². The fourth-order valence-electron chi connectivity index (χ4n) is 1.27. The Kier molecular flexibility index (Phi) is 5.40. The van der Waals surface area contributed by atoms with Crippen LogP contribution in [0.4, 0.5) is 0 Å². The van der Waals surface area contributed by atoms with Crippen molar-refractivity contribution in [2.75, 3.05) is 13.2 Å². The first-order chi connectivity index (χ1) is 7.67. The Bertz CT molecular complexity index is 363. The first kappa shape index (κ1) is 13.1. The average Bonchev–Trinajstić information content (AvgIpc) is 2.27. The summed E-state index contributed by atoms with van der Waals surface area (Å²) in [5.74, 6) is 0.430. The van der Waals surface area contributed by atoms with E-state index < -0.39 is 0 Å². The van der Waals surface area contributed by atoms with Crippen molar-refractivity contribution in [3.63, 3.8) is 0 Å². The summed E-state index contributed by atoms with van der Waals surface area (Å²) < 4.78 is 11.5. The van der Waals surface area contributed by atoms with Gasteiger partial charge in [0.2, 0.25) is 0 Å². The molecule has 0 saturated heterocycles. The summed E-state index contributed by atoms with van der Waals surface area (Å²) in [6.07, 6.45) is 0. The van der Waals surface area contributed by atoms with E-state index in [4.69, 9.17) is 9.47 Å². The van der Waals surface area contributed by atoms with Gasteiger partial charge in [-0.3, -0.25) is 0 Å². The molecule has 4 heteroatoms. The molecule has 1 rings (SSSR count). The minimum atomic E-state index is -0.326. The number of aryl methyl sites for hydroxylation is 1. The molecule has 0 fully saturated rings. The number of hydrogen-bond donors (Lipinski definition) is 0. The SMILES string of the molecule is CCOC(=O)COc1ccc([As]C)cc1C. The summed E-state index contributed by atoms with van der Waals surface area (Å²) >= 11 is 0.236. The fraction of sp³-hybridized carbons (Fsp3) is 0.417. The zero-order valence-electron chi connectivity index (χ0n) is 9.82. The van der Waals surface area contributed by atoms with Gasteiger partial charge in [0.25, 0.3) is 0 Å². The number of rotatable bonds is 5. The number of hydrogen-bond acceptors (Lipinski definition) is 3. The summed E-state index contributed by atoms with van der Waals surface area (Å²) in [6.45, 7) is 4.14. The van der Waals surface area contributed by atoms with E-state index in [0.717, 1.165) is 11.3 Å². The van der Waals surface area contributed by atoms with Crippen molar-refractivity contribution in [3.8, 4) is 5.75 Å². The molecule has 0 aliphatic carbocycles. The Balaban J connectivity index is 2.57.